The van der Waals surface area contributed by atoms with Gasteiger partial charge in [-0.3, -0.25) is 0 Å². The van der Waals surface area contributed by atoms with Crippen LogP contribution in [-0.4, -0.2) is 40.4 Å². The topological polar surface area (TPSA) is 75.6 Å². The molecule has 0 saturated carbocycles. The van der Waals surface area contributed by atoms with Crippen molar-refractivity contribution in [2.75, 3.05) is 26.9 Å². The Hall–Kier alpha value is -1.46. The molecule has 2 N–H and O–H groups in total. The first-order chi connectivity index (χ1) is 10.0. The average molecular weight is 315 g/mol. The third kappa shape index (κ3) is 5.81. The van der Waals surface area contributed by atoms with E-state index in [1.54, 1.807) is 7.11 Å². The fraction of sp³-hybridized carbons (Fsp3) is 0.429. The molecule has 0 unspecified atom stereocenters. The summed E-state index contributed by atoms with van der Waals surface area (Å²) in [6.07, 6.45) is 1.37. The summed E-state index contributed by atoms with van der Waals surface area (Å²) in [4.78, 5) is -0.152. The van der Waals surface area contributed by atoms with E-state index in [1.165, 1.54) is 12.1 Å². The zero-order valence-corrected chi connectivity index (χ0v) is 12.5. The molecule has 0 spiro atoms. The summed E-state index contributed by atoms with van der Waals surface area (Å²) >= 11 is 0. The Morgan fingerprint density at radius 3 is 2.76 bits per heavy atom. The lowest BCUT2D eigenvalue weighted by atomic mass is 10.2. The molecule has 0 heterocycles. The number of halogens is 1. The van der Waals surface area contributed by atoms with Gasteiger partial charge in [-0.25, -0.2) is 17.5 Å². The van der Waals surface area contributed by atoms with E-state index in [9.17, 15) is 12.8 Å². The van der Waals surface area contributed by atoms with E-state index >= 15 is 0 Å². The number of methoxy groups -OCH3 is 1. The molecule has 21 heavy (non-hydrogen) atoms. The van der Waals surface area contributed by atoms with Crippen molar-refractivity contribution in [2.24, 2.45) is 0 Å². The maximum Gasteiger partial charge on any atom is 0.240 e. The number of hydrogen-bond acceptors (Lipinski definition) is 4. The van der Waals surface area contributed by atoms with Gasteiger partial charge in [0.25, 0.3) is 0 Å². The quantitative estimate of drug-likeness (QED) is 0.578. The van der Waals surface area contributed by atoms with Crippen LogP contribution in [0.5, 0.6) is 0 Å². The highest BCUT2D eigenvalue weighted by atomic mass is 32.2. The highest BCUT2D eigenvalue weighted by molar-refractivity contribution is 7.89. The molecule has 1 aromatic carbocycles. The Kier molecular flexibility index (Phi) is 7.32. The largest absolute Gasteiger partial charge is 0.385 e. The fourth-order valence-electron chi connectivity index (χ4n) is 1.56. The van der Waals surface area contributed by atoms with Crippen LogP contribution in [0.1, 0.15) is 18.4 Å². The minimum absolute atomic E-state index is 0.0445. The molecule has 0 aliphatic carbocycles. The number of ether oxygens (including phenoxy) is 1. The highest BCUT2D eigenvalue weighted by Crippen LogP contribution is 2.14. The second-order valence-electron chi connectivity index (χ2n) is 4.20. The molecule has 0 saturated heterocycles. The van der Waals surface area contributed by atoms with Crippen molar-refractivity contribution in [3.05, 3.63) is 29.6 Å². The van der Waals surface area contributed by atoms with Gasteiger partial charge in [-0.15, -0.1) is 0 Å². The minimum atomic E-state index is -3.74. The number of nitrogens with one attached hydrogen (secondary N) is 1. The number of hydrogen-bond donors (Lipinski definition) is 2. The second-order valence-corrected chi connectivity index (χ2v) is 5.97. The van der Waals surface area contributed by atoms with Crippen molar-refractivity contribution < 1.29 is 22.7 Å². The summed E-state index contributed by atoms with van der Waals surface area (Å²) in [7, 11) is -2.16. The van der Waals surface area contributed by atoms with Crippen molar-refractivity contribution in [1.82, 2.24) is 4.72 Å². The molecule has 0 fully saturated rings. The monoisotopic (exact) mass is 315 g/mol. The van der Waals surface area contributed by atoms with Crippen molar-refractivity contribution in [3.63, 3.8) is 0 Å². The summed E-state index contributed by atoms with van der Waals surface area (Å²) in [6, 6.07) is 3.47. The van der Waals surface area contributed by atoms with Crippen LogP contribution in [0, 0.1) is 17.7 Å². The van der Waals surface area contributed by atoms with Crippen LogP contribution < -0.4 is 4.72 Å². The maximum absolute atomic E-state index is 13.7. The first-order valence-corrected chi connectivity index (χ1v) is 7.87. The predicted molar refractivity (Wildman–Crippen MR) is 76.7 cm³/mol. The number of unbranched alkanes of at least 4 members (excludes halogenated alkanes) is 1. The summed E-state index contributed by atoms with van der Waals surface area (Å²) < 4.78 is 44.9. The second kappa shape index (κ2) is 8.74. The van der Waals surface area contributed by atoms with E-state index in [4.69, 9.17) is 9.84 Å². The Balaban J connectivity index is 2.73. The van der Waals surface area contributed by atoms with Crippen LogP contribution in [-0.2, 0) is 14.8 Å². The van der Waals surface area contributed by atoms with Crippen LogP contribution in [0.25, 0.3) is 0 Å². The van der Waals surface area contributed by atoms with E-state index in [2.05, 4.69) is 16.6 Å². The van der Waals surface area contributed by atoms with Crippen molar-refractivity contribution >= 4 is 10.0 Å². The molecular weight excluding hydrogens is 297 g/mol. The Morgan fingerprint density at radius 1 is 1.38 bits per heavy atom. The van der Waals surface area contributed by atoms with Gasteiger partial charge < -0.3 is 9.84 Å². The molecule has 0 aromatic heterocycles. The van der Waals surface area contributed by atoms with Crippen molar-refractivity contribution in [3.8, 4) is 11.8 Å². The molecular formula is C14H18FNO4S. The smallest absolute Gasteiger partial charge is 0.240 e. The van der Waals surface area contributed by atoms with Crippen LogP contribution >= 0.6 is 0 Å². The van der Waals surface area contributed by atoms with Crippen LogP contribution in [0.15, 0.2) is 23.1 Å². The highest BCUT2D eigenvalue weighted by Gasteiger charge is 2.15. The maximum atomic E-state index is 13.7. The zero-order valence-electron chi connectivity index (χ0n) is 11.7. The van der Waals surface area contributed by atoms with Crippen LogP contribution in [0.4, 0.5) is 4.39 Å². The number of benzene rings is 1. The van der Waals surface area contributed by atoms with Gasteiger partial charge in [-0.05, 0) is 31.0 Å². The van der Waals surface area contributed by atoms with Crippen LogP contribution in [0.3, 0.4) is 0 Å². The minimum Gasteiger partial charge on any atom is -0.385 e. The average Bonchev–Trinajstić information content (AvgIpc) is 2.45. The van der Waals surface area contributed by atoms with E-state index in [1.807, 2.05) is 0 Å². The molecule has 1 rings (SSSR count). The number of rotatable bonds is 7. The van der Waals surface area contributed by atoms with Crippen molar-refractivity contribution in [1.29, 1.82) is 0 Å². The molecule has 5 nitrogen and oxygen atoms in total. The van der Waals surface area contributed by atoms with E-state index in [0.717, 1.165) is 12.5 Å². The summed E-state index contributed by atoms with van der Waals surface area (Å²) in [6.45, 7) is 0.441. The molecule has 0 aliphatic heterocycles. The van der Waals surface area contributed by atoms with Crippen LogP contribution in [0.2, 0.25) is 0 Å². The van der Waals surface area contributed by atoms with Gasteiger partial charge in [-0.2, -0.15) is 0 Å². The van der Waals surface area contributed by atoms with E-state index in [0.29, 0.717) is 13.0 Å². The van der Waals surface area contributed by atoms with Gasteiger partial charge >= 0.3 is 0 Å². The summed E-state index contributed by atoms with van der Waals surface area (Å²) in [5.74, 6) is 3.97. The Labute approximate surface area is 124 Å². The summed E-state index contributed by atoms with van der Waals surface area (Å²) in [5, 5.41) is 8.55. The molecule has 0 bridgehead atoms. The Bertz CT molecular complexity index is 620. The lowest BCUT2D eigenvalue weighted by molar-refractivity contribution is 0.193. The Morgan fingerprint density at radius 2 is 2.14 bits per heavy atom. The first kappa shape index (κ1) is 17.6. The van der Waals surface area contributed by atoms with Gasteiger partial charge in [0, 0.05) is 20.3 Å². The van der Waals surface area contributed by atoms with Crippen molar-refractivity contribution in [2.45, 2.75) is 17.7 Å². The first-order valence-electron chi connectivity index (χ1n) is 6.39. The fourth-order valence-corrected chi connectivity index (χ4v) is 2.65. The number of aliphatic hydroxyl groups excluding tert-OH is 1. The SMILES string of the molecule is COCCCCNS(=O)(=O)c1ccc(C#CCO)c(F)c1. The molecule has 0 aliphatic rings. The standard InChI is InChI=1S/C14H18FNO4S/c1-20-10-3-2-8-16-21(18,19)13-7-6-12(5-4-9-17)14(15)11-13/h6-7,11,16-17H,2-3,8-10H2,1H3. The number of aliphatic hydroxyl groups is 1. The predicted octanol–water partition coefficient (Wildman–Crippen LogP) is 0.874. The normalized spacial score (nSPS) is 11.0. The van der Waals surface area contributed by atoms with Gasteiger partial charge in [0.1, 0.15) is 12.4 Å². The van der Waals surface area contributed by atoms with Gasteiger partial charge in [0.2, 0.25) is 10.0 Å². The molecule has 0 amide bonds. The van der Waals surface area contributed by atoms with Gasteiger partial charge in [0.15, 0.2) is 0 Å². The molecule has 1 aromatic rings. The van der Waals surface area contributed by atoms with Gasteiger partial charge in [-0.1, -0.05) is 11.8 Å². The summed E-state index contributed by atoms with van der Waals surface area (Å²) in [5.41, 5.74) is 0.0445. The molecule has 0 radical (unpaired) electrons. The van der Waals surface area contributed by atoms with Gasteiger partial charge in [0.05, 0.1) is 10.5 Å². The number of sulfonamides is 1. The lowest BCUT2D eigenvalue weighted by Crippen LogP contribution is -2.25. The molecule has 0 atom stereocenters. The zero-order chi connectivity index (χ0) is 15.7. The van der Waals surface area contributed by atoms with E-state index in [-0.39, 0.29) is 23.6 Å². The molecule has 116 valence electrons. The third-order valence-electron chi connectivity index (χ3n) is 2.62. The lowest BCUT2D eigenvalue weighted by Gasteiger charge is -2.07. The molecule has 7 heteroatoms. The third-order valence-corrected chi connectivity index (χ3v) is 4.08. The van der Waals surface area contributed by atoms with E-state index < -0.39 is 15.8 Å².